The monoisotopic (exact) mass is 245 g/mol. The molecule has 2 N–H and O–H groups in total. The van der Waals surface area contributed by atoms with E-state index in [2.05, 4.69) is 33.7 Å². The maximum atomic E-state index is 11.5. The molecule has 0 saturated carbocycles. The summed E-state index contributed by atoms with van der Waals surface area (Å²) >= 11 is 0. The summed E-state index contributed by atoms with van der Waals surface area (Å²) in [6.07, 6.45) is 2.15. The summed E-state index contributed by atoms with van der Waals surface area (Å²) in [6.45, 7) is 4.21. The summed E-state index contributed by atoms with van der Waals surface area (Å²) in [5.74, 6) is 0.146. The molecule has 0 spiro atoms. The minimum atomic E-state index is 0.146. The summed E-state index contributed by atoms with van der Waals surface area (Å²) < 4.78 is 0. The highest BCUT2D eigenvalue weighted by molar-refractivity contribution is 5.78. The lowest BCUT2D eigenvalue weighted by Gasteiger charge is -2.20. The molecule has 1 saturated heterocycles. The van der Waals surface area contributed by atoms with Crippen molar-refractivity contribution in [1.82, 2.24) is 10.2 Å². The number of carbonyl (C=O) groups is 1. The van der Waals surface area contributed by atoms with Crippen molar-refractivity contribution < 1.29 is 4.79 Å². The second-order valence-electron chi connectivity index (χ2n) is 5.04. The number of fused-ring (bicyclic) bond motifs is 1. The fourth-order valence-electron chi connectivity index (χ4n) is 2.79. The molecule has 18 heavy (non-hydrogen) atoms. The number of amides is 1. The van der Waals surface area contributed by atoms with Gasteiger partial charge in [0.15, 0.2) is 0 Å². The van der Waals surface area contributed by atoms with Gasteiger partial charge < -0.3 is 10.6 Å². The summed E-state index contributed by atoms with van der Waals surface area (Å²) in [4.78, 5) is 13.8. The predicted octanol–water partition coefficient (Wildman–Crippen LogP) is 0.976. The molecule has 2 aliphatic heterocycles. The van der Waals surface area contributed by atoms with Crippen LogP contribution in [-0.4, -0.2) is 37.0 Å². The number of hydrogen-bond acceptors (Lipinski definition) is 3. The third kappa shape index (κ3) is 2.34. The maximum Gasteiger partial charge on any atom is 0.234 e. The van der Waals surface area contributed by atoms with Crippen LogP contribution in [-0.2, 0) is 17.8 Å². The van der Waals surface area contributed by atoms with E-state index < -0.39 is 0 Å². The lowest BCUT2D eigenvalue weighted by molar-refractivity contribution is -0.121. The average molecular weight is 245 g/mol. The molecule has 0 bridgehead atoms. The first-order valence-corrected chi connectivity index (χ1v) is 6.66. The number of nitrogens with one attached hydrogen (secondary N) is 2. The second kappa shape index (κ2) is 4.98. The van der Waals surface area contributed by atoms with Crippen molar-refractivity contribution in [3.63, 3.8) is 0 Å². The van der Waals surface area contributed by atoms with Gasteiger partial charge in [-0.05, 0) is 24.0 Å². The van der Waals surface area contributed by atoms with E-state index in [9.17, 15) is 4.79 Å². The topological polar surface area (TPSA) is 44.4 Å². The molecule has 4 heteroatoms. The molecular formula is C14H19N3O. The first-order chi connectivity index (χ1) is 8.83. The van der Waals surface area contributed by atoms with E-state index in [0.29, 0.717) is 6.54 Å². The van der Waals surface area contributed by atoms with E-state index in [1.165, 1.54) is 16.8 Å². The number of anilines is 1. The van der Waals surface area contributed by atoms with Crippen molar-refractivity contribution in [3.05, 3.63) is 29.3 Å². The third-order valence-corrected chi connectivity index (χ3v) is 3.67. The SMILES string of the molecule is O=C1CN(Cc2cccc3c2NCC3)CCCN1. The van der Waals surface area contributed by atoms with Crippen LogP contribution in [0.3, 0.4) is 0 Å². The largest absolute Gasteiger partial charge is 0.384 e. The van der Waals surface area contributed by atoms with E-state index in [1.54, 1.807) is 0 Å². The van der Waals surface area contributed by atoms with Crippen molar-refractivity contribution >= 4 is 11.6 Å². The van der Waals surface area contributed by atoms with E-state index in [-0.39, 0.29) is 5.91 Å². The van der Waals surface area contributed by atoms with Crippen LogP contribution in [0.2, 0.25) is 0 Å². The lowest BCUT2D eigenvalue weighted by Crippen LogP contribution is -2.32. The molecule has 2 heterocycles. The van der Waals surface area contributed by atoms with Crippen LogP contribution >= 0.6 is 0 Å². The molecule has 1 aromatic carbocycles. The van der Waals surface area contributed by atoms with Crippen LogP contribution in [0.1, 0.15) is 17.5 Å². The minimum absolute atomic E-state index is 0.146. The van der Waals surface area contributed by atoms with Crippen LogP contribution in [0.15, 0.2) is 18.2 Å². The van der Waals surface area contributed by atoms with Crippen LogP contribution < -0.4 is 10.6 Å². The Bertz CT molecular complexity index is 458. The zero-order chi connectivity index (χ0) is 12.4. The van der Waals surface area contributed by atoms with Crippen molar-refractivity contribution in [3.8, 4) is 0 Å². The molecule has 1 fully saturated rings. The molecule has 4 nitrogen and oxygen atoms in total. The van der Waals surface area contributed by atoms with Crippen LogP contribution in [0, 0.1) is 0 Å². The Labute approximate surface area is 107 Å². The lowest BCUT2D eigenvalue weighted by atomic mass is 10.1. The first kappa shape index (κ1) is 11.5. The van der Waals surface area contributed by atoms with E-state index >= 15 is 0 Å². The highest BCUT2D eigenvalue weighted by Gasteiger charge is 2.18. The number of benzene rings is 1. The van der Waals surface area contributed by atoms with E-state index in [4.69, 9.17) is 0 Å². The second-order valence-corrected chi connectivity index (χ2v) is 5.04. The Kier molecular flexibility index (Phi) is 3.19. The van der Waals surface area contributed by atoms with Gasteiger partial charge in [-0.3, -0.25) is 9.69 Å². The van der Waals surface area contributed by atoms with Gasteiger partial charge in [-0.2, -0.15) is 0 Å². The number of rotatable bonds is 2. The molecular weight excluding hydrogens is 226 g/mol. The summed E-state index contributed by atoms with van der Waals surface area (Å²) in [5, 5.41) is 6.37. The Hall–Kier alpha value is -1.55. The Morgan fingerprint density at radius 2 is 2.17 bits per heavy atom. The zero-order valence-electron chi connectivity index (χ0n) is 10.5. The fraction of sp³-hybridized carbons (Fsp3) is 0.500. The van der Waals surface area contributed by atoms with Gasteiger partial charge in [-0.1, -0.05) is 18.2 Å². The summed E-state index contributed by atoms with van der Waals surface area (Å²) in [7, 11) is 0. The minimum Gasteiger partial charge on any atom is -0.384 e. The number of carbonyl (C=O) groups excluding carboxylic acids is 1. The maximum absolute atomic E-state index is 11.5. The van der Waals surface area contributed by atoms with Crippen molar-refractivity contribution in [2.45, 2.75) is 19.4 Å². The zero-order valence-corrected chi connectivity index (χ0v) is 10.5. The normalized spacial score (nSPS) is 19.9. The fourth-order valence-corrected chi connectivity index (χ4v) is 2.79. The Balaban J connectivity index is 1.76. The van der Waals surface area contributed by atoms with Crippen molar-refractivity contribution in [2.24, 2.45) is 0 Å². The highest BCUT2D eigenvalue weighted by atomic mass is 16.2. The van der Waals surface area contributed by atoms with Crippen LogP contribution in [0.4, 0.5) is 5.69 Å². The van der Waals surface area contributed by atoms with Crippen molar-refractivity contribution in [1.29, 1.82) is 0 Å². The van der Waals surface area contributed by atoms with Crippen LogP contribution in [0.25, 0.3) is 0 Å². The highest BCUT2D eigenvalue weighted by Crippen LogP contribution is 2.27. The van der Waals surface area contributed by atoms with Gasteiger partial charge in [0.05, 0.1) is 6.54 Å². The van der Waals surface area contributed by atoms with Gasteiger partial charge in [0.1, 0.15) is 0 Å². The molecule has 1 aromatic rings. The van der Waals surface area contributed by atoms with Gasteiger partial charge in [0.2, 0.25) is 5.91 Å². The first-order valence-electron chi connectivity index (χ1n) is 6.66. The molecule has 0 aromatic heterocycles. The quantitative estimate of drug-likeness (QED) is 0.816. The standard InChI is InChI=1S/C14H19N3O/c18-13-10-17(8-2-6-15-13)9-12-4-1-3-11-5-7-16-14(11)12/h1,3-4,16H,2,5-10H2,(H,15,18). The van der Waals surface area contributed by atoms with Gasteiger partial charge in [-0.25, -0.2) is 0 Å². The third-order valence-electron chi connectivity index (χ3n) is 3.67. The van der Waals surface area contributed by atoms with Gasteiger partial charge >= 0.3 is 0 Å². The molecule has 1 amide bonds. The van der Waals surface area contributed by atoms with Gasteiger partial charge in [0.25, 0.3) is 0 Å². The van der Waals surface area contributed by atoms with E-state index in [1.807, 2.05) is 0 Å². The Morgan fingerprint density at radius 3 is 3.11 bits per heavy atom. The van der Waals surface area contributed by atoms with Gasteiger partial charge in [-0.15, -0.1) is 0 Å². The van der Waals surface area contributed by atoms with Gasteiger partial charge in [0, 0.05) is 31.9 Å². The molecule has 0 atom stereocenters. The predicted molar refractivity (Wildman–Crippen MR) is 71.5 cm³/mol. The average Bonchev–Trinajstić information content (AvgIpc) is 2.75. The molecule has 2 aliphatic rings. The molecule has 0 unspecified atom stereocenters. The molecule has 0 aliphatic carbocycles. The summed E-state index contributed by atoms with van der Waals surface area (Å²) in [5.41, 5.74) is 4.02. The van der Waals surface area contributed by atoms with Crippen LogP contribution in [0.5, 0.6) is 0 Å². The smallest absolute Gasteiger partial charge is 0.234 e. The summed E-state index contributed by atoms with van der Waals surface area (Å²) in [6, 6.07) is 6.48. The van der Waals surface area contributed by atoms with Crippen molar-refractivity contribution in [2.75, 3.05) is 31.5 Å². The number of hydrogen-bond donors (Lipinski definition) is 2. The Morgan fingerprint density at radius 1 is 1.22 bits per heavy atom. The number of nitrogens with zero attached hydrogens (tertiary/aromatic N) is 1. The molecule has 0 radical (unpaired) electrons. The number of para-hydroxylation sites is 1. The molecule has 3 rings (SSSR count). The molecule has 96 valence electrons. The van der Waals surface area contributed by atoms with E-state index in [0.717, 1.165) is 39.0 Å².